The molecule has 1 N–H and O–H groups in total. The molecule has 1 saturated carbocycles. The molecule has 3 atom stereocenters. The number of rotatable bonds is 6. The van der Waals surface area contributed by atoms with Crippen LogP contribution >= 0.6 is 0 Å². The smallest absolute Gasteiger partial charge is 0.0112 e. The molecule has 3 unspecified atom stereocenters. The van der Waals surface area contributed by atoms with Gasteiger partial charge in [-0.15, -0.1) is 0 Å². The van der Waals surface area contributed by atoms with Crippen LogP contribution in [0.3, 0.4) is 0 Å². The van der Waals surface area contributed by atoms with Crippen molar-refractivity contribution >= 4 is 0 Å². The van der Waals surface area contributed by atoms with E-state index in [1.54, 1.807) is 0 Å². The zero-order valence-electron chi connectivity index (χ0n) is 13.4. The first-order chi connectivity index (χ1) is 8.41. The molecule has 18 heavy (non-hydrogen) atoms. The van der Waals surface area contributed by atoms with Gasteiger partial charge in [0.1, 0.15) is 0 Å². The predicted octanol–water partition coefficient (Wildman–Crippen LogP) is 3.52. The summed E-state index contributed by atoms with van der Waals surface area (Å²) in [6, 6.07) is 2.04. The van der Waals surface area contributed by atoms with E-state index in [2.05, 4.69) is 51.8 Å². The molecule has 0 bridgehead atoms. The summed E-state index contributed by atoms with van der Waals surface area (Å²) in [6.45, 7) is 16.3. The highest BCUT2D eigenvalue weighted by Gasteiger charge is 2.25. The van der Waals surface area contributed by atoms with Crippen LogP contribution in [0.5, 0.6) is 0 Å². The molecule has 0 aliphatic heterocycles. The maximum atomic E-state index is 3.80. The molecule has 0 amide bonds. The van der Waals surface area contributed by atoms with Crippen molar-refractivity contribution in [1.29, 1.82) is 0 Å². The van der Waals surface area contributed by atoms with Crippen molar-refractivity contribution in [3.8, 4) is 0 Å². The molecule has 2 nitrogen and oxygen atoms in total. The molecule has 1 aliphatic rings. The van der Waals surface area contributed by atoms with E-state index in [1.807, 2.05) is 0 Å². The Hall–Kier alpha value is -0.0800. The van der Waals surface area contributed by atoms with Crippen LogP contribution in [0.1, 0.15) is 60.8 Å². The topological polar surface area (TPSA) is 15.3 Å². The van der Waals surface area contributed by atoms with E-state index in [-0.39, 0.29) is 0 Å². The van der Waals surface area contributed by atoms with Gasteiger partial charge in [0.25, 0.3) is 0 Å². The fourth-order valence-corrected chi connectivity index (χ4v) is 3.31. The van der Waals surface area contributed by atoms with Crippen molar-refractivity contribution in [3.63, 3.8) is 0 Å². The highest BCUT2D eigenvalue weighted by atomic mass is 15.2. The van der Waals surface area contributed by atoms with Gasteiger partial charge in [0.15, 0.2) is 0 Å². The minimum Gasteiger partial charge on any atom is -0.312 e. The third-order valence-electron chi connectivity index (χ3n) is 4.56. The zero-order chi connectivity index (χ0) is 13.7. The highest BCUT2D eigenvalue weighted by Crippen LogP contribution is 2.28. The second-order valence-electron chi connectivity index (χ2n) is 6.88. The molecule has 0 aromatic carbocycles. The highest BCUT2D eigenvalue weighted by molar-refractivity contribution is 4.82. The molecule has 0 heterocycles. The first-order valence-electron chi connectivity index (χ1n) is 7.91. The lowest BCUT2D eigenvalue weighted by molar-refractivity contribution is 0.163. The summed E-state index contributed by atoms with van der Waals surface area (Å²) in [5, 5.41) is 3.80. The summed E-state index contributed by atoms with van der Waals surface area (Å²) < 4.78 is 0. The SMILES string of the molecule is CC1CCC(C)C(NCCN(C(C)C)C(C)C)C1. The Balaban J connectivity index is 2.31. The quantitative estimate of drug-likeness (QED) is 0.780. The minimum absolute atomic E-state index is 0.648. The van der Waals surface area contributed by atoms with Gasteiger partial charge in [0.2, 0.25) is 0 Å². The third kappa shape index (κ3) is 4.89. The van der Waals surface area contributed by atoms with E-state index in [9.17, 15) is 0 Å². The van der Waals surface area contributed by atoms with Gasteiger partial charge >= 0.3 is 0 Å². The fraction of sp³-hybridized carbons (Fsp3) is 1.00. The van der Waals surface area contributed by atoms with E-state index < -0.39 is 0 Å². The van der Waals surface area contributed by atoms with Crippen LogP contribution in [0, 0.1) is 11.8 Å². The number of hydrogen-bond acceptors (Lipinski definition) is 2. The van der Waals surface area contributed by atoms with Crippen molar-refractivity contribution in [2.75, 3.05) is 13.1 Å². The van der Waals surface area contributed by atoms with E-state index in [0.717, 1.165) is 24.4 Å². The average Bonchev–Trinajstić information content (AvgIpc) is 2.27. The zero-order valence-corrected chi connectivity index (χ0v) is 13.4. The molecular weight excluding hydrogens is 220 g/mol. The van der Waals surface area contributed by atoms with E-state index in [1.165, 1.54) is 25.8 Å². The summed E-state index contributed by atoms with van der Waals surface area (Å²) in [5.74, 6) is 1.76. The van der Waals surface area contributed by atoms with Crippen LogP contribution in [0.4, 0.5) is 0 Å². The Morgan fingerprint density at radius 1 is 1.06 bits per heavy atom. The first-order valence-corrected chi connectivity index (χ1v) is 7.91. The molecule has 1 rings (SSSR count). The summed E-state index contributed by atoms with van der Waals surface area (Å²) in [4.78, 5) is 2.57. The molecule has 0 radical (unpaired) electrons. The number of nitrogens with one attached hydrogen (secondary N) is 1. The van der Waals surface area contributed by atoms with Gasteiger partial charge in [-0.05, 0) is 52.4 Å². The van der Waals surface area contributed by atoms with E-state index in [4.69, 9.17) is 0 Å². The summed E-state index contributed by atoms with van der Waals surface area (Å²) in [7, 11) is 0. The molecular formula is C16H34N2. The van der Waals surface area contributed by atoms with E-state index in [0.29, 0.717) is 12.1 Å². The molecule has 2 heteroatoms. The van der Waals surface area contributed by atoms with Crippen LogP contribution in [0.25, 0.3) is 0 Å². The Bertz CT molecular complexity index is 217. The van der Waals surface area contributed by atoms with Crippen molar-refractivity contribution in [3.05, 3.63) is 0 Å². The Kier molecular flexibility index (Phi) is 6.65. The third-order valence-corrected chi connectivity index (χ3v) is 4.56. The lowest BCUT2D eigenvalue weighted by Crippen LogP contribution is -2.46. The molecule has 0 aromatic rings. The second-order valence-corrected chi connectivity index (χ2v) is 6.88. The molecule has 0 spiro atoms. The summed E-state index contributed by atoms with van der Waals surface area (Å²) in [6.07, 6.45) is 4.19. The van der Waals surface area contributed by atoms with Gasteiger partial charge in [-0.25, -0.2) is 0 Å². The van der Waals surface area contributed by atoms with Gasteiger partial charge in [-0.3, -0.25) is 4.90 Å². The first kappa shape index (κ1) is 16.0. The van der Waals surface area contributed by atoms with Crippen molar-refractivity contribution < 1.29 is 0 Å². The number of nitrogens with zero attached hydrogens (tertiary/aromatic N) is 1. The van der Waals surface area contributed by atoms with Crippen molar-refractivity contribution in [2.45, 2.75) is 78.9 Å². The molecule has 1 aliphatic carbocycles. The van der Waals surface area contributed by atoms with Gasteiger partial charge in [-0.1, -0.05) is 20.3 Å². The van der Waals surface area contributed by atoms with Crippen LogP contribution in [-0.4, -0.2) is 36.1 Å². The fourth-order valence-electron chi connectivity index (χ4n) is 3.31. The van der Waals surface area contributed by atoms with Gasteiger partial charge in [-0.2, -0.15) is 0 Å². The van der Waals surface area contributed by atoms with Crippen molar-refractivity contribution in [1.82, 2.24) is 10.2 Å². The maximum Gasteiger partial charge on any atom is 0.0112 e. The van der Waals surface area contributed by atoms with Gasteiger partial charge < -0.3 is 5.32 Å². The lowest BCUT2D eigenvalue weighted by atomic mass is 9.80. The predicted molar refractivity (Wildman–Crippen MR) is 80.9 cm³/mol. The van der Waals surface area contributed by atoms with Crippen LogP contribution in [0.2, 0.25) is 0 Å². The Morgan fingerprint density at radius 2 is 1.67 bits per heavy atom. The molecule has 1 fully saturated rings. The van der Waals surface area contributed by atoms with Crippen LogP contribution < -0.4 is 5.32 Å². The van der Waals surface area contributed by atoms with Gasteiger partial charge in [0.05, 0.1) is 0 Å². The molecule has 0 aromatic heterocycles. The monoisotopic (exact) mass is 254 g/mol. The Labute approximate surface area is 115 Å². The van der Waals surface area contributed by atoms with Crippen LogP contribution in [0.15, 0.2) is 0 Å². The average molecular weight is 254 g/mol. The largest absolute Gasteiger partial charge is 0.312 e. The van der Waals surface area contributed by atoms with Crippen LogP contribution in [-0.2, 0) is 0 Å². The minimum atomic E-state index is 0.648. The standard InChI is InChI=1S/C16H34N2/c1-12(2)18(13(3)4)10-9-17-16-11-14(5)7-8-15(16)6/h12-17H,7-11H2,1-6H3. The molecule has 0 saturated heterocycles. The summed E-state index contributed by atoms with van der Waals surface area (Å²) in [5.41, 5.74) is 0. The Morgan fingerprint density at radius 3 is 2.22 bits per heavy atom. The van der Waals surface area contributed by atoms with E-state index >= 15 is 0 Å². The van der Waals surface area contributed by atoms with Crippen molar-refractivity contribution in [2.24, 2.45) is 11.8 Å². The lowest BCUT2D eigenvalue weighted by Gasteiger charge is -2.35. The summed E-state index contributed by atoms with van der Waals surface area (Å²) >= 11 is 0. The van der Waals surface area contributed by atoms with Gasteiger partial charge in [0, 0.05) is 31.2 Å². The number of hydrogen-bond donors (Lipinski definition) is 1. The maximum absolute atomic E-state index is 3.80. The normalized spacial score (nSPS) is 29.5. The molecule has 108 valence electrons. The second kappa shape index (κ2) is 7.49.